The van der Waals surface area contributed by atoms with Gasteiger partial charge in [0.1, 0.15) is 5.76 Å². The molecule has 19 heavy (non-hydrogen) atoms. The topological polar surface area (TPSA) is 45.4 Å². The summed E-state index contributed by atoms with van der Waals surface area (Å²) < 4.78 is 6.27. The van der Waals surface area contributed by atoms with E-state index in [0.717, 1.165) is 36.1 Å². The lowest BCUT2D eigenvalue weighted by Crippen LogP contribution is -2.45. The van der Waals surface area contributed by atoms with E-state index in [2.05, 4.69) is 42.0 Å². The molecule has 0 spiro atoms. The highest BCUT2D eigenvalue weighted by atomic mass is 79.9. The second kappa shape index (κ2) is 5.58. The fraction of sp³-hybridized carbons (Fsp3) is 0.733. The van der Waals surface area contributed by atoms with Crippen molar-refractivity contribution >= 4 is 15.9 Å². The Morgan fingerprint density at radius 2 is 1.95 bits per heavy atom. The first-order chi connectivity index (χ1) is 8.80. The highest BCUT2D eigenvalue weighted by molar-refractivity contribution is 9.10. The first-order valence-electron chi connectivity index (χ1n) is 7.01. The predicted molar refractivity (Wildman–Crippen MR) is 80.0 cm³/mol. The predicted octanol–water partition coefficient (Wildman–Crippen LogP) is 4.02. The maximum absolute atomic E-state index is 10.6. The lowest BCUT2D eigenvalue weighted by molar-refractivity contribution is -0.0261. The van der Waals surface area contributed by atoms with Crippen molar-refractivity contribution in [3.8, 4) is 0 Å². The molecule has 1 unspecified atom stereocenters. The number of halogens is 1. The third-order valence-electron chi connectivity index (χ3n) is 4.29. The van der Waals surface area contributed by atoms with Crippen LogP contribution in [0.2, 0.25) is 0 Å². The second-order valence-electron chi connectivity index (χ2n) is 6.63. The van der Waals surface area contributed by atoms with E-state index in [4.69, 9.17) is 4.42 Å². The molecular weight excluding hydrogens is 306 g/mol. The summed E-state index contributed by atoms with van der Waals surface area (Å²) in [4.78, 5) is 0. The van der Waals surface area contributed by atoms with Gasteiger partial charge in [-0.3, -0.25) is 0 Å². The Kier molecular flexibility index (Phi) is 4.43. The van der Waals surface area contributed by atoms with Gasteiger partial charge in [-0.2, -0.15) is 0 Å². The summed E-state index contributed by atoms with van der Waals surface area (Å²) in [5.74, 6) is 0.895. The van der Waals surface area contributed by atoms with E-state index in [1.54, 1.807) is 0 Å². The lowest BCUT2D eigenvalue weighted by Gasteiger charge is -2.40. The fourth-order valence-corrected chi connectivity index (χ4v) is 2.89. The Hall–Kier alpha value is -0.320. The zero-order valence-electron chi connectivity index (χ0n) is 12.0. The Labute approximate surface area is 123 Å². The van der Waals surface area contributed by atoms with Gasteiger partial charge in [-0.15, -0.1) is 0 Å². The molecule has 1 atom stereocenters. The average Bonchev–Trinajstić information content (AvgIpc) is 2.78. The van der Waals surface area contributed by atoms with Gasteiger partial charge >= 0.3 is 0 Å². The van der Waals surface area contributed by atoms with Crippen molar-refractivity contribution in [1.29, 1.82) is 0 Å². The number of rotatable bonds is 4. The molecule has 1 heterocycles. The summed E-state index contributed by atoms with van der Waals surface area (Å²) in [5.41, 5.74) is -0.183. The van der Waals surface area contributed by atoms with E-state index in [1.165, 1.54) is 0 Å². The molecule has 1 aliphatic carbocycles. The minimum absolute atomic E-state index is 0.116. The van der Waals surface area contributed by atoms with Crippen LogP contribution in [0.1, 0.15) is 58.3 Å². The van der Waals surface area contributed by atoms with Crippen LogP contribution in [0.5, 0.6) is 0 Å². The number of furan rings is 1. The van der Waals surface area contributed by atoms with Crippen molar-refractivity contribution < 1.29 is 9.52 Å². The van der Waals surface area contributed by atoms with E-state index in [-0.39, 0.29) is 6.04 Å². The summed E-state index contributed by atoms with van der Waals surface area (Å²) in [6, 6.07) is 3.96. The van der Waals surface area contributed by atoms with Crippen LogP contribution in [-0.2, 0) is 0 Å². The second-order valence-corrected chi connectivity index (χ2v) is 7.41. The van der Waals surface area contributed by atoms with Gasteiger partial charge < -0.3 is 14.8 Å². The summed E-state index contributed by atoms with van der Waals surface area (Å²) in [7, 11) is 0. The molecule has 0 amide bonds. The number of nitrogens with one attached hydrogen (secondary N) is 1. The highest BCUT2D eigenvalue weighted by Gasteiger charge is 2.36. The van der Waals surface area contributed by atoms with Crippen LogP contribution < -0.4 is 5.32 Å². The fourth-order valence-electron chi connectivity index (χ4n) is 2.57. The molecule has 1 aromatic heterocycles. The van der Waals surface area contributed by atoms with Gasteiger partial charge in [0.05, 0.1) is 11.6 Å². The van der Waals surface area contributed by atoms with E-state index in [1.807, 2.05) is 12.1 Å². The van der Waals surface area contributed by atoms with Gasteiger partial charge in [-0.1, -0.05) is 13.8 Å². The quantitative estimate of drug-likeness (QED) is 0.876. The smallest absolute Gasteiger partial charge is 0.169 e. The molecule has 1 aromatic rings. The summed E-state index contributed by atoms with van der Waals surface area (Å²) >= 11 is 3.31. The van der Waals surface area contributed by atoms with Crippen LogP contribution in [0, 0.1) is 5.41 Å². The molecule has 0 aromatic carbocycles. The van der Waals surface area contributed by atoms with Gasteiger partial charge in [-0.05, 0) is 66.1 Å². The SMILES string of the molecule is CC(NCC1(O)CCC(C)(C)CC1)c1ccc(Br)o1. The van der Waals surface area contributed by atoms with E-state index < -0.39 is 5.60 Å². The number of hydrogen-bond acceptors (Lipinski definition) is 3. The minimum Gasteiger partial charge on any atom is -0.453 e. The first kappa shape index (κ1) is 15.1. The van der Waals surface area contributed by atoms with Crippen LogP contribution in [0.4, 0.5) is 0 Å². The van der Waals surface area contributed by atoms with Crippen molar-refractivity contribution in [3.63, 3.8) is 0 Å². The lowest BCUT2D eigenvalue weighted by atomic mass is 9.71. The Bertz CT molecular complexity index is 418. The van der Waals surface area contributed by atoms with E-state index >= 15 is 0 Å². The van der Waals surface area contributed by atoms with Crippen molar-refractivity contribution in [2.75, 3.05) is 6.54 Å². The van der Waals surface area contributed by atoms with Gasteiger partial charge in [0.15, 0.2) is 4.67 Å². The largest absolute Gasteiger partial charge is 0.453 e. The van der Waals surface area contributed by atoms with Crippen LogP contribution in [0.25, 0.3) is 0 Å². The Morgan fingerprint density at radius 3 is 2.47 bits per heavy atom. The zero-order chi connectivity index (χ0) is 14.1. The molecule has 0 bridgehead atoms. The summed E-state index contributed by atoms with van der Waals surface area (Å²) in [6.45, 7) is 7.25. The third-order valence-corrected chi connectivity index (χ3v) is 4.72. The Morgan fingerprint density at radius 1 is 1.32 bits per heavy atom. The maximum atomic E-state index is 10.6. The molecule has 1 fully saturated rings. The van der Waals surface area contributed by atoms with Crippen molar-refractivity contribution in [1.82, 2.24) is 5.32 Å². The van der Waals surface area contributed by atoms with Gasteiger partial charge in [0, 0.05) is 6.54 Å². The standard InChI is InChI=1S/C15H24BrNO2/c1-11(12-4-5-13(16)19-12)17-10-15(18)8-6-14(2,3)7-9-15/h4-5,11,17-18H,6-10H2,1-3H3. The molecule has 0 saturated heterocycles. The van der Waals surface area contributed by atoms with E-state index in [9.17, 15) is 5.11 Å². The molecule has 0 aliphatic heterocycles. The van der Waals surface area contributed by atoms with Crippen molar-refractivity contribution in [2.45, 2.75) is 58.1 Å². The zero-order valence-corrected chi connectivity index (χ0v) is 13.6. The summed E-state index contributed by atoms with van der Waals surface area (Å²) in [6.07, 6.45) is 3.93. The summed E-state index contributed by atoms with van der Waals surface area (Å²) in [5, 5.41) is 14.0. The minimum atomic E-state index is -0.562. The molecule has 4 heteroatoms. The molecule has 1 aliphatic rings. The van der Waals surface area contributed by atoms with Crippen molar-refractivity contribution in [3.05, 3.63) is 22.6 Å². The molecule has 0 radical (unpaired) electrons. The van der Waals surface area contributed by atoms with Gasteiger partial charge in [0.25, 0.3) is 0 Å². The highest BCUT2D eigenvalue weighted by Crippen LogP contribution is 2.40. The van der Waals surface area contributed by atoms with Crippen molar-refractivity contribution in [2.24, 2.45) is 5.41 Å². The third kappa shape index (κ3) is 4.07. The van der Waals surface area contributed by atoms with Gasteiger partial charge in [-0.25, -0.2) is 0 Å². The number of hydrogen-bond donors (Lipinski definition) is 2. The Balaban J connectivity index is 1.85. The van der Waals surface area contributed by atoms with Gasteiger partial charge in [0.2, 0.25) is 0 Å². The van der Waals surface area contributed by atoms with Crippen LogP contribution in [0.15, 0.2) is 21.2 Å². The number of aliphatic hydroxyl groups is 1. The average molecular weight is 330 g/mol. The van der Waals surface area contributed by atoms with Crippen LogP contribution >= 0.6 is 15.9 Å². The molecule has 2 N–H and O–H groups in total. The monoisotopic (exact) mass is 329 g/mol. The molecular formula is C15H24BrNO2. The first-order valence-corrected chi connectivity index (χ1v) is 7.80. The maximum Gasteiger partial charge on any atom is 0.169 e. The van der Waals surface area contributed by atoms with Crippen LogP contribution in [-0.4, -0.2) is 17.3 Å². The molecule has 3 nitrogen and oxygen atoms in total. The molecule has 108 valence electrons. The van der Waals surface area contributed by atoms with Crippen LogP contribution in [0.3, 0.4) is 0 Å². The normalized spacial score (nSPS) is 23.2. The van der Waals surface area contributed by atoms with E-state index in [0.29, 0.717) is 12.0 Å². The molecule has 2 rings (SSSR count). The molecule has 1 saturated carbocycles.